The van der Waals surface area contributed by atoms with E-state index in [1.54, 1.807) is 0 Å². The molecule has 0 aliphatic carbocycles. The van der Waals surface area contributed by atoms with Crippen molar-refractivity contribution in [2.24, 2.45) is 17.1 Å². The Morgan fingerprint density at radius 2 is 1.91 bits per heavy atom. The Morgan fingerprint density at radius 1 is 1.27 bits per heavy atom. The summed E-state index contributed by atoms with van der Waals surface area (Å²) >= 11 is 0. The van der Waals surface area contributed by atoms with Gasteiger partial charge in [-0.05, 0) is 41.9 Å². The van der Waals surface area contributed by atoms with E-state index >= 15 is 0 Å². The van der Waals surface area contributed by atoms with Gasteiger partial charge in [-0.3, -0.25) is 4.90 Å². The molecule has 124 valence electrons. The average molecular weight is 308 g/mol. The number of nitrogens with zero attached hydrogens (tertiary/aromatic N) is 1. The summed E-state index contributed by atoms with van der Waals surface area (Å²) < 4.78 is 13.0. The number of rotatable bonds is 4. The van der Waals surface area contributed by atoms with E-state index in [0.717, 1.165) is 38.0 Å². The van der Waals surface area contributed by atoms with Crippen LogP contribution in [-0.2, 0) is 6.54 Å². The van der Waals surface area contributed by atoms with Crippen molar-refractivity contribution in [3.05, 3.63) is 35.6 Å². The molecule has 3 nitrogen and oxygen atoms in total. The fourth-order valence-corrected chi connectivity index (χ4v) is 3.17. The fourth-order valence-electron chi connectivity index (χ4n) is 3.17. The van der Waals surface area contributed by atoms with Crippen molar-refractivity contribution in [3.63, 3.8) is 0 Å². The number of piperidine rings is 1. The van der Waals surface area contributed by atoms with E-state index in [4.69, 9.17) is 5.73 Å². The molecule has 1 saturated heterocycles. The Morgan fingerprint density at radius 3 is 2.50 bits per heavy atom. The van der Waals surface area contributed by atoms with Crippen LogP contribution in [0.2, 0.25) is 0 Å². The number of benzene rings is 1. The largest absolute Gasteiger partial charge is 0.393 e. The van der Waals surface area contributed by atoms with Crippen LogP contribution in [0.3, 0.4) is 0 Å². The molecule has 3 atom stereocenters. The van der Waals surface area contributed by atoms with E-state index in [2.05, 4.69) is 25.7 Å². The van der Waals surface area contributed by atoms with E-state index in [9.17, 15) is 9.50 Å². The lowest BCUT2D eigenvalue weighted by Crippen LogP contribution is -2.47. The van der Waals surface area contributed by atoms with E-state index in [1.807, 2.05) is 12.1 Å². The van der Waals surface area contributed by atoms with Crippen molar-refractivity contribution < 1.29 is 9.50 Å². The van der Waals surface area contributed by atoms with Gasteiger partial charge >= 0.3 is 0 Å². The minimum Gasteiger partial charge on any atom is -0.393 e. The molecule has 1 aromatic rings. The highest BCUT2D eigenvalue weighted by Gasteiger charge is 2.30. The van der Waals surface area contributed by atoms with Crippen LogP contribution in [0.4, 0.5) is 4.39 Å². The van der Waals surface area contributed by atoms with Crippen molar-refractivity contribution in [2.45, 2.75) is 52.3 Å². The second-order valence-electron chi connectivity index (χ2n) is 7.80. The summed E-state index contributed by atoms with van der Waals surface area (Å²) in [7, 11) is 0. The lowest BCUT2D eigenvalue weighted by atomic mass is 9.80. The van der Waals surface area contributed by atoms with Crippen LogP contribution < -0.4 is 5.73 Å². The molecule has 1 aliphatic heterocycles. The number of nitrogens with two attached hydrogens (primary N) is 1. The summed E-state index contributed by atoms with van der Waals surface area (Å²) in [4.78, 5) is 2.32. The Bertz CT molecular complexity index is 469. The average Bonchev–Trinajstić information content (AvgIpc) is 2.39. The van der Waals surface area contributed by atoms with Crippen molar-refractivity contribution in [2.75, 3.05) is 13.1 Å². The van der Waals surface area contributed by atoms with Crippen molar-refractivity contribution in [1.29, 1.82) is 0 Å². The first-order valence-corrected chi connectivity index (χ1v) is 8.14. The number of hydrogen-bond donors (Lipinski definition) is 2. The summed E-state index contributed by atoms with van der Waals surface area (Å²) in [5.74, 6) is 0.212. The van der Waals surface area contributed by atoms with Gasteiger partial charge in [0, 0.05) is 25.7 Å². The van der Waals surface area contributed by atoms with Gasteiger partial charge in [-0.15, -0.1) is 0 Å². The highest BCUT2D eigenvalue weighted by Crippen LogP contribution is 2.29. The predicted molar refractivity (Wildman–Crippen MR) is 87.8 cm³/mol. The van der Waals surface area contributed by atoms with Gasteiger partial charge in [0.05, 0.1) is 6.10 Å². The highest BCUT2D eigenvalue weighted by molar-refractivity contribution is 5.16. The van der Waals surface area contributed by atoms with Crippen LogP contribution in [0.25, 0.3) is 0 Å². The third-order valence-electron chi connectivity index (χ3n) is 4.52. The van der Waals surface area contributed by atoms with E-state index < -0.39 is 0 Å². The Balaban J connectivity index is 1.94. The zero-order valence-corrected chi connectivity index (χ0v) is 13.9. The molecule has 0 amide bonds. The smallest absolute Gasteiger partial charge is 0.123 e. The first-order chi connectivity index (χ1) is 10.2. The molecule has 3 N–H and O–H groups in total. The summed E-state index contributed by atoms with van der Waals surface area (Å²) in [5, 5.41) is 10.3. The van der Waals surface area contributed by atoms with Crippen LogP contribution in [-0.4, -0.2) is 35.2 Å². The lowest BCUT2D eigenvalue weighted by Gasteiger charge is -2.39. The highest BCUT2D eigenvalue weighted by atomic mass is 19.1. The molecule has 0 radical (unpaired) electrons. The normalized spacial score (nSPS) is 25.2. The molecule has 0 aromatic heterocycles. The van der Waals surface area contributed by atoms with Crippen molar-refractivity contribution in [1.82, 2.24) is 4.90 Å². The van der Waals surface area contributed by atoms with Crippen LogP contribution in [0, 0.1) is 17.2 Å². The van der Waals surface area contributed by atoms with Crippen molar-refractivity contribution >= 4 is 0 Å². The fraction of sp³-hybridized carbons (Fsp3) is 0.667. The zero-order chi connectivity index (χ0) is 16.3. The van der Waals surface area contributed by atoms with Gasteiger partial charge in [-0.1, -0.05) is 32.9 Å². The number of aliphatic hydroxyl groups excluding tert-OH is 1. The van der Waals surface area contributed by atoms with Crippen molar-refractivity contribution in [3.8, 4) is 0 Å². The topological polar surface area (TPSA) is 49.5 Å². The molecule has 1 aromatic carbocycles. The maximum atomic E-state index is 13.0. The van der Waals surface area contributed by atoms with Crippen LogP contribution >= 0.6 is 0 Å². The minimum atomic E-state index is -0.310. The van der Waals surface area contributed by atoms with Gasteiger partial charge in [0.25, 0.3) is 0 Å². The summed E-state index contributed by atoms with van der Waals surface area (Å²) in [6, 6.07) is 6.80. The molecule has 1 heterocycles. The van der Waals surface area contributed by atoms with Gasteiger partial charge < -0.3 is 10.8 Å². The number of likely N-dealkylation sites (tertiary alicyclic amines) is 1. The van der Waals surface area contributed by atoms with Gasteiger partial charge in [0.15, 0.2) is 0 Å². The first kappa shape index (κ1) is 17.4. The molecule has 0 bridgehead atoms. The van der Waals surface area contributed by atoms with Gasteiger partial charge in [0.1, 0.15) is 5.82 Å². The SMILES string of the molecule is CC(C)(C)C(O)CC1CC(N)CN(Cc2ccc(F)cc2)C1. The summed E-state index contributed by atoms with van der Waals surface area (Å²) in [6.07, 6.45) is 1.44. The Labute approximate surface area is 133 Å². The van der Waals surface area contributed by atoms with E-state index in [-0.39, 0.29) is 23.4 Å². The Hall–Kier alpha value is -0.970. The van der Waals surface area contributed by atoms with Crippen LogP contribution in [0.1, 0.15) is 39.2 Å². The number of halogens is 1. The van der Waals surface area contributed by atoms with Crippen LogP contribution in [0.15, 0.2) is 24.3 Å². The standard InChI is InChI=1S/C18H29FN2O/c1-18(2,3)17(22)9-14-8-16(20)12-21(11-14)10-13-4-6-15(19)7-5-13/h4-7,14,16-17,22H,8-12,20H2,1-3H3. The predicted octanol–water partition coefficient (Wildman–Crippen LogP) is 2.77. The molecule has 2 rings (SSSR count). The summed E-state index contributed by atoms with van der Waals surface area (Å²) in [6.45, 7) is 8.79. The third-order valence-corrected chi connectivity index (χ3v) is 4.52. The van der Waals surface area contributed by atoms with Gasteiger partial charge in [-0.25, -0.2) is 4.39 Å². The molecule has 4 heteroatoms. The first-order valence-electron chi connectivity index (χ1n) is 8.14. The van der Waals surface area contributed by atoms with E-state index in [0.29, 0.717) is 5.92 Å². The quantitative estimate of drug-likeness (QED) is 0.899. The number of hydrogen-bond acceptors (Lipinski definition) is 3. The molecular weight excluding hydrogens is 279 g/mol. The maximum absolute atomic E-state index is 13.0. The molecule has 0 saturated carbocycles. The minimum absolute atomic E-state index is 0.0939. The maximum Gasteiger partial charge on any atom is 0.123 e. The monoisotopic (exact) mass is 308 g/mol. The van der Waals surface area contributed by atoms with Gasteiger partial charge in [0.2, 0.25) is 0 Å². The second-order valence-corrected chi connectivity index (χ2v) is 7.80. The molecule has 0 spiro atoms. The molecule has 3 unspecified atom stereocenters. The third kappa shape index (κ3) is 5.04. The second kappa shape index (κ2) is 7.07. The summed E-state index contributed by atoms with van der Waals surface area (Å²) in [5.41, 5.74) is 7.20. The van der Waals surface area contributed by atoms with E-state index in [1.165, 1.54) is 12.1 Å². The molecule has 22 heavy (non-hydrogen) atoms. The lowest BCUT2D eigenvalue weighted by molar-refractivity contribution is 0.0233. The molecular formula is C18H29FN2O. The number of aliphatic hydroxyl groups is 1. The zero-order valence-electron chi connectivity index (χ0n) is 13.9. The Kier molecular flexibility index (Phi) is 5.59. The molecule has 1 aliphatic rings. The van der Waals surface area contributed by atoms with Gasteiger partial charge in [-0.2, -0.15) is 0 Å². The van der Waals surface area contributed by atoms with Crippen LogP contribution in [0.5, 0.6) is 0 Å². The molecule has 1 fully saturated rings.